The number of benzene rings is 8. The van der Waals surface area contributed by atoms with Gasteiger partial charge in [-0.05, 0) is 80.7 Å². The van der Waals surface area contributed by atoms with Gasteiger partial charge in [0.1, 0.15) is 11.2 Å². The number of nitrogens with zero attached hydrogens (tertiary/aromatic N) is 4. The van der Waals surface area contributed by atoms with Crippen LogP contribution in [-0.4, -0.2) is 19.9 Å². The Hall–Kier alpha value is -7.50. The molecule has 0 fully saturated rings. The van der Waals surface area contributed by atoms with Crippen LogP contribution in [0.1, 0.15) is 0 Å². The number of para-hydroxylation sites is 1. The third-order valence-electron chi connectivity index (χ3n) is 10.5. The summed E-state index contributed by atoms with van der Waals surface area (Å²) in [6, 6.07) is 61.0. The van der Waals surface area contributed by atoms with E-state index in [9.17, 15) is 0 Å². The van der Waals surface area contributed by atoms with Crippen LogP contribution in [-0.2, 0) is 0 Å². The molecule has 11 rings (SSSR count). The summed E-state index contributed by atoms with van der Waals surface area (Å²) in [5.74, 6) is 1.80. The van der Waals surface area contributed by atoms with Crippen LogP contribution in [0.3, 0.4) is 0 Å². The molecule has 8 aromatic carbocycles. The van der Waals surface area contributed by atoms with Gasteiger partial charge in [0, 0.05) is 44.6 Å². The fourth-order valence-corrected chi connectivity index (χ4v) is 7.94. The van der Waals surface area contributed by atoms with Gasteiger partial charge in [-0.2, -0.15) is 0 Å². The Morgan fingerprint density at radius 1 is 0.309 bits per heavy atom. The zero-order valence-electron chi connectivity index (χ0n) is 29.5. The van der Waals surface area contributed by atoms with E-state index < -0.39 is 0 Å². The Balaban J connectivity index is 1.10. The Labute approximate surface area is 316 Å². The third kappa shape index (κ3) is 5.24. The Morgan fingerprint density at radius 2 is 0.873 bits per heavy atom. The van der Waals surface area contributed by atoms with Crippen molar-refractivity contribution in [2.24, 2.45) is 0 Å². The molecule has 0 atom stereocenters. The van der Waals surface area contributed by atoms with Gasteiger partial charge < -0.3 is 4.42 Å². The quantitative estimate of drug-likeness (QED) is 0.167. The van der Waals surface area contributed by atoms with E-state index in [2.05, 4.69) is 115 Å². The van der Waals surface area contributed by atoms with E-state index in [1.807, 2.05) is 66.9 Å². The van der Waals surface area contributed by atoms with Gasteiger partial charge in [-0.1, -0.05) is 133 Å². The maximum Gasteiger partial charge on any atom is 0.164 e. The lowest BCUT2D eigenvalue weighted by atomic mass is 9.89. The molecule has 0 N–H and O–H groups in total. The topological polar surface area (TPSA) is 64.7 Å². The number of rotatable bonds is 5. The molecule has 0 unspecified atom stereocenters. The van der Waals surface area contributed by atoms with Gasteiger partial charge in [-0.3, -0.25) is 4.98 Å². The molecule has 5 heteroatoms. The zero-order valence-corrected chi connectivity index (χ0v) is 29.5. The molecule has 0 aliphatic heterocycles. The predicted octanol–water partition coefficient (Wildman–Crippen LogP) is 13.0. The second kappa shape index (κ2) is 12.6. The first-order valence-corrected chi connectivity index (χ1v) is 18.4. The molecule has 3 heterocycles. The largest absolute Gasteiger partial charge is 0.456 e. The lowest BCUT2D eigenvalue weighted by Gasteiger charge is -2.16. The number of pyridine rings is 1. The molecule has 0 radical (unpaired) electrons. The fourth-order valence-electron chi connectivity index (χ4n) is 7.94. The maximum absolute atomic E-state index is 6.26. The first-order valence-electron chi connectivity index (χ1n) is 18.4. The van der Waals surface area contributed by atoms with E-state index in [0.29, 0.717) is 17.5 Å². The van der Waals surface area contributed by atoms with Crippen molar-refractivity contribution in [1.82, 2.24) is 19.9 Å². The summed E-state index contributed by atoms with van der Waals surface area (Å²) in [7, 11) is 0. The summed E-state index contributed by atoms with van der Waals surface area (Å²) < 4.78 is 6.26. The summed E-state index contributed by atoms with van der Waals surface area (Å²) in [5, 5.41) is 8.00. The predicted molar refractivity (Wildman–Crippen MR) is 225 cm³/mol. The van der Waals surface area contributed by atoms with E-state index in [1.165, 1.54) is 16.2 Å². The molecule has 0 aliphatic rings. The highest BCUT2D eigenvalue weighted by molar-refractivity contribution is 6.23. The highest BCUT2D eigenvalue weighted by Crippen LogP contribution is 2.42. The van der Waals surface area contributed by atoms with Crippen LogP contribution in [0, 0.1) is 0 Å². The molecule has 0 aliphatic carbocycles. The zero-order chi connectivity index (χ0) is 36.3. The van der Waals surface area contributed by atoms with Gasteiger partial charge in [0.2, 0.25) is 0 Å². The standard InChI is InChI=1S/C50H30N4O/c1-3-13-31(14-4-1)42-30-43-37-20-8-7-19-36(37)41(29-44(43)40-22-12-26-51-47(40)42)33-17-11-18-34(27-33)49-52-48(32-15-5-2-6-16-32)53-50(54-49)35-24-25-39-38-21-9-10-23-45(38)55-46(39)28-35/h1-30H. The fraction of sp³-hybridized carbons (Fsp3) is 0. The van der Waals surface area contributed by atoms with Crippen LogP contribution in [0.5, 0.6) is 0 Å². The van der Waals surface area contributed by atoms with Crippen LogP contribution in [0.4, 0.5) is 0 Å². The van der Waals surface area contributed by atoms with E-state index in [-0.39, 0.29) is 0 Å². The van der Waals surface area contributed by atoms with Crippen LogP contribution in [0.2, 0.25) is 0 Å². The lowest BCUT2D eigenvalue weighted by Crippen LogP contribution is -2.00. The van der Waals surface area contributed by atoms with Crippen LogP contribution in [0.25, 0.3) is 111 Å². The summed E-state index contributed by atoms with van der Waals surface area (Å²) in [5.41, 5.74) is 9.81. The Kier molecular flexibility index (Phi) is 7.10. The van der Waals surface area contributed by atoms with Gasteiger partial charge in [0.25, 0.3) is 0 Å². The van der Waals surface area contributed by atoms with Crippen LogP contribution in [0.15, 0.2) is 187 Å². The minimum Gasteiger partial charge on any atom is -0.456 e. The van der Waals surface area contributed by atoms with Gasteiger partial charge in [-0.15, -0.1) is 0 Å². The molecule has 0 saturated heterocycles. The van der Waals surface area contributed by atoms with E-state index in [4.69, 9.17) is 24.4 Å². The van der Waals surface area contributed by atoms with Crippen molar-refractivity contribution in [3.8, 4) is 56.4 Å². The molecule has 55 heavy (non-hydrogen) atoms. The second-order valence-electron chi connectivity index (χ2n) is 13.8. The normalized spacial score (nSPS) is 11.6. The van der Waals surface area contributed by atoms with E-state index >= 15 is 0 Å². The molecule has 3 aromatic heterocycles. The Morgan fingerprint density at radius 3 is 1.67 bits per heavy atom. The van der Waals surface area contributed by atoms with Crippen molar-refractivity contribution in [2.45, 2.75) is 0 Å². The van der Waals surface area contributed by atoms with Gasteiger partial charge >= 0.3 is 0 Å². The number of furan rings is 1. The van der Waals surface area contributed by atoms with Crippen molar-refractivity contribution in [3.63, 3.8) is 0 Å². The first-order chi connectivity index (χ1) is 27.2. The summed E-state index contributed by atoms with van der Waals surface area (Å²) in [6.45, 7) is 0. The number of hydrogen-bond donors (Lipinski definition) is 0. The van der Waals surface area contributed by atoms with Gasteiger partial charge in [0.15, 0.2) is 17.5 Å². The summed E-state index contributed by atoms with van der Waals surface area (Å²) >= 11 is 0. The Bertz CT molecular complexity index is 3260. The molecular formula is C50H30N4O. The lowest BCUT2D eigenvalue weighted by molar-refractivity contribution is 0.669. The van der Waals surface area contributed by atoms with Crippen molar-refractivity contribution in [2.75, 3.05) is 0 Å². The van der Waals surface area contributed by atoms with Crippen molar-refractivity contribution in [1.29, 1.82) is 0 Å². The summed E-state index contributed by atoms with van der Waals surface area (Å²) in [6.07, 6.45) is 1.88. The SMILES string of the molecule is c1ccc(-c2nc(-c3cccc(-c4cc5c6cccnc6c(-c6ccccc6)cc5c5ccccc45)c3)nc(-c3ccc4c(c3)oc3ccccc34)n2)cc1. The second-order valence-corrected chi connectivity index (χ2v) is 13.8. The molecule has 11 aromatic rings. The van der Waals surface area contributed by atoms with Crippen molar-refractivity contribution < 1.29 is 4.42 Å². The molecule has 0 spiro atoms. The smallest absolute Gasteiger partial charge is 0.164 e. The van der Waals surface area contributed by atoms with E-state index in [0.717, 1.165) is 77.2 Å². The minimum absolute atomic E-state index is 0.584. The number of aromatic nitrogens is 4. The molecule has 5 nitrogen and oxygen atoms in total. The first kappa shape index (κ1) is 31.1. The molecule has 256 valence electrons. The highest BCUT2D eigenvalue weighted by Gasteiger charge is 2.18. The van der Waals surface area contributed by atoms with Crippen molar-refractivity contribution >= 4 is 54.4 Å². The molecule has 0 amide bonds. The number of fused-ring (bicyclic) bond motifs is 8. The third-order valence-corrected chi connectivity index (χ3v) is 10.5. The average molecular weight is 703 g/mol. The van der Waals surface area contributed by atoms with Crippen LogP contribution < -0.4 is 0 Å². The molecule has 0 saturated carbocycles. The van der Waals surface area contributed by atoms with E-state index in [1.54, 1.807) is 0 Å². The van der Waals surface area contributed by atoms with Crippen molar-refractivity contribution in [3.05, 3.63) is 182 Å². The monoisotopic (exact) mass is 702 g/mol. The maximum atomic E-state index is 6.26. The minimum atomic E-state index is 0.584. The number of hydrogen-bond acceptors (Lipinski definition) is 5. The highest BCUT2D eigenvalue weighted by atomic mass is 16.3. The summed E-state index contributed by atoms with van der Waals surface area (Å²) in [4.78, 5) is 20.1. The molecular weight excluding hydrogens is 673 g/mol. The van der Waals surface area contributed by atoms with Gasteiger partial charge in [0.05, 0.1) is 5.52 Å². The molecule has 0 bridgehead atoms. The van der Waals surface area contributed by atoms with Crippen LogP contribution >= 0.6 is 0 Å². The average Bonchev–Trinajstić information content (AvgIpc) is 3.64. The van der Waals surface area contributed by atoms with Gasteiger partial charge in [-0.25, -0.2) is 15.0 Å².